The summed E-state index contributed by atoms with van der Waals surface area (Å²) in [5.74, 6) is -0.438. The van der Waals surface area contributed by atoms with E-state index in [1.165, 1.54) is 0 Å². The van der Waals surface area contributed by atoms with E-state index in [0.717, 1.165) is 6.26 Å². The third kappa shape index (κ3) is 13.0. The van der Waals surface area contributed by atoms with Gasteiger partial charge in [0.25, 0.3) is 0 Å². The molecule has 0 saturated heterocycles. The van der Waals surface area contributed by atoms with Crippen LogP contribution in [0.3, 0.4) is 0 Å². The summed E-state index contributed by atoms with van der Waals surface area (Å²) in [6, 6.07) is 0. The molecule has 0 bridgehead atoms. The number of hydrogen-bond donors (Lipinski definition) is 1. The molecule has 9 heteroatoms. The molecular weight excluding hydrogens is 203 g/mol. The summed E-state index contributed by atoms with van der Waals surface area (Å²) >= 11 is 0. The van der Waals surface area contributed by atoms with E-state index >= 15 is 0 Å². The molecule has 0 rings (SSSR count). The zero-order chi connectivity index (χ0) is 9.12. The van der Waals surface area contributed by atoms with Gasteiger partial charge in [-0.15, -0.1) is 0 Å². The third-order valence-corrected chi connectivity index (χ3v) is 2.06. The van der Waals surface area contributed by atoms with Gasteiger partial charge in [0.1, 0.15) is 9.84 Å². The van der Waals surface area contributed by atoms with E-state index in [2.05, 4.69) is 4.18 Å². The molecule has 1 N–H and O–H groups in total. The molecule has 0 heterocycles. The van der Waals surface area contributed by atoms with E-state index < -0.39 is 32.6 Å². The van der Waals surface area contributed by atoms with Crippen molar-refractivity contribution in [2.24, 2.45) is 0 Å². The Balaban J connectivity index is 0. The first-order valence-corrected chi connectivity index (χ1v) is 5.93. The molecule has 0 aliphatic heterocycles. The first-order chi connectivity index (χ1) is 4.71. The van der Waals surface area contributed by atoms with Crippen molar-refractivity contribution in [2.45, 2.75) is 0 Å². The molecule has 0 aliphatic carbocycles. The maximum atomic E-state index is 10.4. The van der Waals surface area contributed by atoms with Crippen LogP contribution >= 0.6 is 0 Å². The molecule has 0 aliphatic rings. The van der Waals surface area contributed by atoms with Crippen molar-refractivity contribution in [1.82, 2.24) is 0 Å². The molecule has 0 atom stereocenters. The third-order valence-electron chi connectivity index (χ3n) is 0.686. The second-order valence-corrected chi connectivity index (χ2v) is 5.23. The average Bonchev–Trinajstić information content (AvgIpc) is 1.55. The normalized spacial score (nSPS) is 12.2. The van der Waals surface area contributed by atoms with E-state index in [0.29, 0.717) is 0 Å². The van der Waals surface area contributed by atoms with Crippen molar-refractivity contribution >= 4 is 39.1 Å². The van der Waals surface area contributed by atoms with Gasteiger partial charge in [0.15, 0.2) is 0 Å². The maximum absolute atomic E-state index is 10.4. The first kappa shape index (κ1) is 14.9. The van der Waals surface area contributed by atoms with Gasteiger partial charge in [-0.05, 0) is 0 Å². The topological polar surface area (TPSA) is 97.7 Å². The molecule has 0 aromatic heterocycles. The van der Waals surface area contributed by atoms with Crippen LogP contribution in [0.1, 0.15) is 0 Å². The number of rotatable bonds is 4. The Morgan fingerprint density at radius 2 is 1.67 bits per heavy atom. The molecule has 0 spiro atoms. The van der Waals surface area contributed by atoms with Crippen LogP contribution in [0, 0.1) is 0 Å². The van der Waals surface area contributed by atoms with Crippen LogP contribution < -0.4 is 0 Å². The van der Waals surface area contributed by atoms with E-state index in [9.17, 15) is 16.8 Å². The molecule has 0 aromatic carbocycles. The number of hydrogen-bond acceptors (Lipinski definition) is 5. The van der Waals surface area contributed by atoms with E-state index in [1.54, 1.807) is 0 Å². The van der Waals surface area contributed by atoms with Crippen LogP contribution in [-0.2, 0) is 24.4 Å². The Labute approximate surface area is 83.3 Å². The van der Waals surface area contributed by atoms with Gasteiger partial charge >= 0.3 is 29.3 Å². The SMILES string of the molecule is CS(=O)(=O)CCOS(=O)(=O)O.[LiH]. The molecule has 70 valence electrons. The van der Waals surface area contributed by atoms with Crippen molar-refractivity contribution < 1.29 is 25.6 Å². The Hall–Kier alpha value is 0.417. The second kappa shape index (κ2) is 5.21. The minimum atomic E-state index is -4.51. The van der Waals surface area contributed by atoms with Gasteiger partial charge in [0.05, 0.1) is 12.4 Å². The summed E-state index contributed by atoms with van der Waals surface area (Å²) in [5, 5.41) is 0. The van der Waals surface area contributed by atoms with Crippen molar-refractivity contribution in [2.75, 3.05) is 18.6 Å². The fourth-order valence-corrected chi connectivity index (χ4v) is 1.08. The van der Waals surface area contributed by atoms with E-state index in [4.69, 9.17) is 4.55 Å². The second-order valence-electron chi connectivity index (χ2n) is 1.88. The van der Waals surface area contributed by atoms with Crippen molar-refractivity contribution in [3.63, 3.8) is 0 Å². The Kier molecular flexibility index (Phi) is 6.48. The number of sulfone groups is 1. The van der Waals surface area contributed by atoms with Crippen LogP contribution in [0.4, 0.5) is 0 Å². The van der Waals surface area contributed by atoms with Gasteiger partial charge in [-0.25, -0.2) is 12.6 Å². The Morgan fingerprint density at radius 3 is 1.92 bits per heavy atom. The molecule has 0 unspecified atom stereocenters. The van der Waals surface area contributed by atoms with Crippen molar-refractivity contribution in [1.29, 1.82) is 0 Å². The van der Waals surface area contributed by atoms with Gasteiger partial charge < -0.3 is 0 Å². The van der Waals surface area contributed by atoms with Crippen LogP contribution in [0.25, 0.3) is 0 Å². The first-order valence-electron chi connectivity index (χ1n) is 2.50. The summed E-state index contributed by atoms with van der Waals surface area (Å²) in [7, 11) is -7.76. The van der Waals surface area contributed by atoms with Gasteiger partial charge in [-0.3, -0.25) is 4.55 Å². The van der Waals surface area contributed by atoms with Crippen LogP contribution in [0.5, 0.6) is 0 Å². The predicted octanol–water partition coefficient (Wildman–Crippen LogP) is -1.80. The molecule has 0 fully saturated rings. The Bertz CT molecular complexity index is 270. The van der Waals surface area contributed by atoms with E-state index in [1.807, 2.05) is 0 Å². The summed E-state index contributed by atoms with van der Waals surface area (Å²) in [6.07, 6.45) is 0.931. The van der Waals surface area contributed by atoms with Gasteiger partial charge in [-0.1, -0.05) is 0 Å². The molecule has 6 nitrogen and oxygen atoms in total. The standard InChI is InChI=1S/C3H8O6S2.Li.H/c1-10(4,5)3-2-9-11(6,7)8;;/h2-3H2,1H3,(H,6,7,8);;. The molecule has 0 amide bonds. The van der Waals surface area contributed by atoms with Gasteiger partial charge in [0.2, 0.25) is 0 Å². The molecule has 0 saturated carbocycles. The summed E-state index contributed by atoms with van der Waals surface area (Å²) < 4.78 is 52.2. The summed E-state index contributed by atoms with van der Waals surface area (Å²) in [4.78, 5) is 0. The quantitative estimate of drug-likeness (QED) is 0.436. The molecule has 0 aromatic rings. The fraction of sp³-hybridized carbons (Fsp3) is 1.00. The van der Waals surface area contributed by atoms with E-state index in [-0.39, 0.29) is 18.9 Å². The zero-order valence-corrected chi connectivity index (χ0v) is 7.35. The average molecular weight is 212 g/mol. The van der Waals surface area contributed by atoms with Gasteiger partial charge in [-0.2, -0.15) is 8.42 Å². The van der Waals surface area contributed by atoms with Crippen LogP contribution in [0.2, 0.25) is 0 Å². The molecular formula is C3H9LiO6S2. The van der Waals surface area contributed by atoms with Crippen molar-refractivity contribution in [3.8, 4) is 0 Å². The fourth-order valence-electron chi connectivity index (χ4n) is 0.291. The monoisotopic (exact) mass is 212 g/mol. The van der Waals surface area contributed by atoms with Crippen LogP contribution in [0.15, 0.2) is 0 Å². The van der Waals surface area contributed by atoms with Crippen molar-refractivity contribution in [3.05, 3.63) is 0 Å². The van der Waals surface area contributed by atoms with Crippen LogP contribution in [-0.4, -0.2) is 58.9 Å². The molecule has 0 radical (unpaired) electrons. The van der Waals surface area contributed by atoms with Gasteiger partial charge in [0, 0.05) is 6.26 Å². The summed E-state index contributed by atoms with van der Waals surface area (Å²) in [5.41, 5.74) is 0. The minimum absolute atomic E-state index is 0. The predicted molar refractivity (Wildman–Crippen MR) is 44.4 cm³/mol. The Morgan fingerprint density at radius 1 is 1.25 bits per heavy atom. The summed E-state index contributed by atoms with van der Waals surface area (Å²) in [6.45, 7) is -0.558. The molecule has 12 heavy (non-hydrogen) atoms. The zero-order valence-electron chi connectivity index (χ0n) is 5.72.